The third kappa shape index (κ3) is 3.48. The Labute approximate surface area is 108 Å². The highest BCUT2D eigenvalue weighted by molar-refractivity contribution is 8.00. The molecule has 1 aliphatic rings. The first-order valence-electron chi connectivity index (χ1n) is 5.80. The summed E-state index contributed by atoms with van der Waals surface area (Å²) in [7, 11) is 0. The van der Waals surface area contributed by atoms with Crippen molar-refractivity contribution in [2.24, 2.45) is 0 Å². The number of hydrogen-bond acceptors (Lipinski definition) is 3. The summed E-state index contributed by atoms with van der Waals surface area (Å²) in [6.07, 6.45) is 1.95. The molecule has 2 N–H and O–H groups in total. The van der Waals surface area contributed by atoms with Gasteiger partial charge in [-0.1, -0.05) is 6.07 Å². The van der Waals surface area contributed by atoms with Crippen LogP contribution < -0.4 is 10.6 Å². The molecule has 0 atom stereocenters. The van der Waals surface area contributed by atoms with E-state index in [-0.39, 0.29) is 17.5 Å². The molecular formula is C12H15F3N2S. The van der Waals surface area contributed by atoms with Crippen molar-refractivity contribution in [1.82, 2.24) is 0 Å². The Kier molecular flexibility index (Phi) is 3.94. The highest BCUT2D eigenvalue weighted by Gasteiger charge is 2.28. The van der Waals surface area contributed by atoms with Crippen molar-refractivity contribution in [2.45, 2.75) is 18.3 Å². The lowest BCUT2D eigenvalue weighted by Gasteiger charge is -2.31. The van der Waals surface area contributed by atoms with E-state index in [2.05, 4.69) is 0 Å². The molecule has 6 heteroatoms. The number of anilines is 2. The van der Waals surface area contributed by atoms with E-state index < -0.39 is 5.51 Å². The number of aryl methyl sites for hydroxylation is 1. The number of benzene rings is 1. The Bertz CT molecular complexity index is 420. The molecule has 0 unspecified atom stereocenters. The van der Waals surface area contributed by atoms with Crippen LogP contribution in [0.5, 0.6) is 0 Å². The average Bonchev–Trinajstić information content (AvgIpc) is 2.28. The molecule has 1 aliphatic heterocycles. The van der Waals surface area contributed by atoms with Crippen LogP contribution in [0.3, 0.4) is 0 Å². The quantitative estimate of drug-likeness (QED) is 0.859. The molecule has 0 amide bonds. The zero-order valence-corrected chi connectivity index (χ0v) is 10.7. The second kappa shape index (κ2) is 5.30. The van der Waals surface area contributed by atoms with Crippen LogP contribution in [-0.4, -0.2) is 24.4 Å². The van der Waals surface area contributed by atoms with Gasteiger partial charge in [-0.2, -0.15) is 13.2 Å². The Morgan fingerprint density at radius 3 is 2.83 bits per heavy atom. The number of alkyl halides is 3. The normalized spacial score (nSPS) is 15.6. The summed E-state index contributed by atoms with van der Waals surface area (Å²) in [4.78, 5) is 1.99. The van der Waals surface area contributed by atoms with E-state index in [4.69, 9.17) is 5.73 Å². The standard InChI is InChI=1S/C12H15F3N2S/c13-12(14,15)18-7-6-17-5-1-2-9-3-4-10(16)8-11(9)17/h3-4,8H,1-2,5-7,16H2. The van der Waals surface area contributed by atoms with Crippen molar-refractivity contribution < 1.29 is 13.2 Å². The Morgan fingerprint density at radius 1 is 1.33 bits per heavy atom. The molecule has 0 aliphatic carbocycles. The van der Waals surface area contributed by atoms with Crippen molar-refractivity contribution >= 4 is 23.1 Å². The van der Waals surface area contributed by atoms with Crippen LogP contribution in [-0.2, 0) is 6.42 Å². The van der Waals surface area contributed by atoms with E-state index in [1.54, 1.807) is 0 Å². The zero-order chi connectivity index (χ0) is 13.2. The van der Waals surface area contributed by atoms with Crippen LogP contribution >= 0.6 is 11.8 Å². The van der Waals surface area contributed by atoms with Gasteiger partial charge >= 0.3 is 5.51 Å². The summed E-state index contributed by atoms with van der Waals surface area (Å²) in [5.74, 6) is 0.0533. The molecular weight excluding hydrogens is 261 g/mol. The minimum atomic E-state index is -4.14. The molecule has 1 aromatic carbocycles. The summed E-state index contributed by atoms with van der Waals surface area (Å²) in [5, 5.41) is 0. The SMILES string of the molecule is Nc1ccc2c(c1)N(CCSC(F)(F)F)CCC2. The van der Waals surface area contributed by atoms with Gasteiger partial charge < -0.3 is 10.6 Å². The van der Waals surface area contributed by atoms with Gasteiger partial charge in [0.2, 0.25) is 0 Å². The number of hydrogen-bond donors (Lipinski definition) is 1. The Morgan fingerprint density at radius 2 is 2.11 bits per heavy atom. The molecule has 18 heavy (non-hydrogen) atoms. The van der Waals surface area contributed by atoms with Gasteiger partial charge in [-0.3, -0.25) is 0 Å². The molecule has 1 aromatic rings. The lowest BCUT2D eigenvalue weighted by Crippen LogP contribution is -2.32. The van der Waals surface area contributed by atoms with Crippen molar-refractivity contribution in [3.63, 3.8) is 0 Å². The summed E-state index contributed by atoms with van der Waals surface area (Å²) in [5.41, 5.74) is 4.41. The molecule has 0 saturated carbocycles. The highest BCUT2D eigenvalue weighted by atomic mass is 32.2. The number of rotatable bonds is 3. The van der Waals surface area contributed by atoms with E-state index in [9.17, 15) is 13.2 Å². The van der Waals surface area contributed by atoms with Gasteiger partial charge in [0.25, 0.3) is 0 Å². The van der Waals surface area contributed by atoms with Gasteiger partial charge in [0.1, 0.15) is 0 Å². The van der Waals surface area contributed by atoms with Gasteiger partial charge in [-0.25, -0.2) is 0 Å². The molecule has 2 nitrogen and oxygen atoms in total. The van der Waals surface area contributed by atoms with Crippen molar-refractivity contribution in [3.05, 3.63) is 23.8 Å². The first kappa shape index (κ1) is 13.4. The Hall–Kier alpha value is -1.04. The fourth-order valence-electron chi connectivity index (χ4n) is 2.17. The third-order valence-corrected chi connectivity index (χ3v) is 3.67. The predicted octanol–water partition coefficient (Wildman–Crippen LogP) is 3.27. The molecule has 100 valence electrons. The number of nitrogens with zero attached hydrogens (tertiary/aromatic N) is 1. The number of fused-ring (bicyclic) bond motifs is 1. The van der Waals surface area contributed by atoms with Crippen LogP contribution in [0, 0.1) is 0 Å². The Balaban J connectivity index is 2.01. The van der Waals surface area contributed by atoms with Gasteiger partial charge in [-0.05, 0) is 42.3 Å². The molecule has 1 heterocycles. The molecule has 2 rings (SSSR count). The maximum Gasteiger partial charge on any atom is 0.441 e. The monoisotopic (exact) mass is 276 g/mol. The first-order valence-corrected chi connectivity index (χ1v) is 6.78. The summed E-state index contributed by atoms with van der Waals surface area (Å²) >= 11 is 0.0332. The van der Waals surface area contributed by atoms with E-state index >= 15 is 0 Å². The van der Waals surface area contributed by atoms with Gasteiger partial charge in [-0.15, -0.1) is 0 Å². The lowest BCUT2D eigenvalue weighted by atomic mass is 10.0. The lowest BCUT2D eigenvalue weighted by molar-refractivity contribution is -0.0327. The number of nitrogen functional groups attached to an aromatic ring is 1. The first-order chi connectivity index (χ1) is 8.46. The van der Waals surface area contributed by atoms with E-state index in [0.29, 0.717) is 12.2 Å². The second-order valence-electron chi connectivity index (χ2n) is 4.27. The maximum absolute atomic E-state index is 12.1. The zero-order valence-electron chi connectivity index (χ0n) is 9.83. The van der Waals surface area contributed by atoms with E-state index in [0.717, 1.165) is 25.1 Å². The van der Waals surface area contributed by atoms with Crippen molar-refractivity contribution in [1.29, 1.82) is 0 Å². The van der Waals surface area contributed by atoms with Crippen molar-refractivity contribution in [2.75, 3.05) is 29.5 Å². The van der Waals surface area contributed by atoms with Crippen LogP contribution in [0.1, 0.15) is 12.0 Å². The topological polar surface area (TPSA) is 29.3 Å². The van der Waals surface area contributed by atoms with Crippen LogP contribution in [0.2, 0.25) is 0 Å². The smallest absolute Gasteiger partial charge is 0.399 e. The number of nitrogens with two attached hydrogens (primary N) is 1. The van der Waals surface area contributed by atoms with Gasteiger partial charge in [0.05, 0.1) is 0 Å². The van der Waals surface area contributed by atoms with Crippen LogP contribution in [0.15, 0.2) is 18.2 Å². The number of thioether (sulfide) groups is 1. The van der Waals surface area contributed by atoms with Gasteiger partial charge in [0, 0.05) is 30.2 Å². The van der Waals surface area contributed by atoms with Crippen molar-refractivity contribution in [3.8, 4) is 0 Å². The summed E-state index contributed by atoms with van der Waals surface area (Å²) < 4.78 is 36.3. The molecule has 0 bridgehead atoms. The minimum absolute atomic E-state index is 0.0332. The maximum atomic E-state index is 12.1. The largest absolute Gasteiger partial charge is 0.441 e. The van der Waals surface area contributed by atoms with Gasteiger partial charge in [0.15, 0.2) is 0 Å². The minimum Gasteiger partial charge on any atom is -0.399 e. The predicted molar refractivity (Wildman–Crippen MR) is 69.9 cm³/mol. The number of halogens is 3. The molecule has 0 aromatic heterocycles. The highest BCUT2D eigenvalue weighted by Crippen LogP contribution is 2.32. The molecule has 0 fully saturated rings. The summed E-state index contributed by atoms with van der Waals surface area (Å²) in [6, 6.07) is 5.66. The second-order valence-corrected chi connectivity index (χ2v) is 5.43. The molecule has 0 radical (unpaired) electrons. The molecule has 0 spiro atoms. The fraction of sp³-hybridized carbons (Fsp3) is 0.500. The average molecular weight is 276 g/mol. The third-order valence-electron chi connectivity index (χ3n) is 2.95. The van der Waals surface area contributed by atoms with E-state index in [1.807, 2.05) is 23.1 Å². The molecule has 0 saturated heterocycles. The van der Waals surface area contributed by atoms with E-state index in [1.165, 1.54) is 5.56 Å². The fourth-order valence-corrected chi connectivity index (χ4v) is 2.71. The van der Waals surface area contributed by atoms with Crippen LogP contribution in [0.4, 0.5) is 24.5 Å². The summed E-state index contributed by atoms with van der Waals surface area (Å²) in [6.45, 7) is 1.20. The van der Waals surface area contributed by atoms with Crippen LogP contribution in [0.25, 0.3) is 0 Å².